The van der Waals surface area contributed by atoms with Gasteiger partial charge in [-0.25, -0.2) is 0 Å². The van der Waals surface area contributed by atoms with E-state index in [4.69, 9.17) is 14.2 Å². The minimum atomic E-state index is -0.427. The molecule has 1 atom stereocenters. The highest BCUT2D eigenvalue weighted by molar-refractivity contribution is 5.97. The van der Waals surface area contributed by atoms with E-state index < -0.39 is 5.91 Å². The highest BCUT2D eigenvalue weighted by atomic mass is 16.5. The molecular formula is C20H28N4O4. The third kappa shape index (κ3) is 6.15. The van der Waals surface area contributed by atoms with Crippen LogP contribution in [0.5, 0.6) is 11.5 Å². The summed E-state index contributed by atoms with van der Waals surface area (Å²) in [5.41, 5.74) is 0.887. The monoisotopic (exact) mass is 388 g/mol. The summed E-state index contributed by atoms with van der Waals surface area (Å²) in [7, 11) is 3.13. The van der Waals surface area contributed by atoms with Gasteiger partial charge in [-0.05, 0) is 24.6 Å². The number of rotatable bonds is 9. The number of hydrogen-bond acceptors (Lipinski definition) is 7. The number of benzene rings is 1. The summed E-state index contributed by atoms with van der Waals surface area (Å²) in [4.78, 5) is 14.7. The number of morpholine rings is 1. The van der Waals surface area contributed by atoms with E-state index in [1.807, 2.05) is 19.1 Å². The van der Waals surface area contributed by atoms with Crippen molar-refractivity contribution in [1.82, 2.24) is 15.5 Å². The topological polar surface area (TPSA) is 95.8 Å². The number of amides is 1. The second-order valence-corrected chi connectivity index (χ2v) is 6.39. The van der Waals surface area contributed by atoms with Gasteiger partial charge >= 0.3 is 0 Å². The fourth-order valence-corrected chi connectivity index (χ4v) is 2.85. The normalized spacial score (nSPS) is 16.0. The zero-order valence-electron chi connectivity index (χ0n) is 16.7. The lowest BCUT2D eigenvalue weighted by Gasteiger charge is -2.26. The molecule has 8 heteroatoms. The van der Waals surface area contributed by atoms with E-state index in [1.54, 1.807) is 26.4 Å². The van der Waals surface area contributed by atoms with Crippen molar-refractivity contribution in [1.29, 1.82) is 5.26 Å². The zero-order chi connectivity index (χ0) is 20.4. The summed E-state index contributed by atoms with van der Waals surface area (Å²) in [5.74, 6) is 0.775. The summed E-state index contributed by atoms with van der Waals surface area (Å²) < 4.78 is 15.8. The van der Waals surface area contributed by atoms with Crippen LogP contribution in [-0.2, 0) is 9.53 Å². The second-order valence-electron chi connectivity index (χ2n) is 6.39. The van der Waals surface area contributed by atoms with E-state index in [9.17, 15) is 10.1 Å². The molecule has 1 saturated heterocycles. The first-order valence-electron chi connectivity index (χ1n) is 9.25. The van der Waals surface area contributed by atoms with Gasteiger partial charge in [0.25, 0.3) is 5.91 Å². The van der Waals surface area contributed by atoms with Gasteiger partial charge in [-0.15, -0.1) is 0 Å². The molecule has 2 N–H and O–H groups in total. The summed E-state index contributed by atoms with van der Waals surface area (Å²) in [6.07, 6.45) is 1.47. The van der Waals surface area contributed by atoms with Gasteiger partial charge in [0.05, 0.1) is 33.5 Å². The van der Waals surface area contributed by atoms with E-state index in [0.29, 0.717) is 18.0 Å². The average molecular weight is 388 g/mol. The van der Waals surface area contributed by atoms with Crippen LogP contribution in [0.3, 0.4) is 0 Å². The molecule has 1 heterocycles. The van der Waals surface area contributed by atoms with Crippen molar-refractivity contribution < 1.29 is 19.0 Å². The molecule has 2 rings (SSSR count). The molecule has 0 radical (unpaired) electrons. The van der Waals surface area contributed by atoms with Crippen molar-refractivity contribution in [3.8, 4) is 17.6 Å². The van der Waals surface area contributed by atoms with Crippen LogP contribution >= 0.6 is 0 Å². The summed E-state index contributed by atoms with van der Waals surface area (Å²) in [6.45, 7) is 6.64. The molecule has 152 valence electrons. The van der Waals surface area contributed by atoms with E-state index in [-0.39, 0.29) is 11.6 Å². The SMILES string of the molecule is COc1ccc(C(C)NC(=O)/C(C#N)=C\NCCN2CCOCC2)cc1OC. The van der Waals surface area contributed by atoms with Gasteiger partial charge < -0.3 is 24.8 Å². The Morgan fingerprint density at radius 2 is 2.04 bits per heavy atom. The van der Waals surface area contributed by atoms with E-state index >= 15 is 0 Å². The Labute approximate surface area is 166 Å². The highest BCUT2D eigenvalue weighted by Gasteiger charge is 2.16. The molecular weight excluding hydrogens is 360 g/mol. The second kappa shape index (κ2) is 11.2. The van der Waals surface area contributed by atoms with Gasteiger partial charge in [0, 0.05) is 32.4 Å². The van der Waals surface area contributed by atoms with Crippen LogP contribution in [0.2, 0.25) is 0 Å². The van der Waals surface area contributed by atoms with Gasteiger partial charge in [0.1, 0.15) is 11.6 Å². The minimum absolute atomic E-state index is 0.0364. The highest BCUT2D eigenvalue weighted by Crippen LogP contribution is 2.29. The Balaban J connectivity index is 1.88. The van der Waals surface area contributed by atoms with Crippen molar-refractivity contribution in [2.45, 2.75) is 13.0 Å². The molecule has 0 aromatic heterocycles. The third-order valence-corrected chi connectivity index (χ3v) is 4.54. The maximum atomic E-state index is 12.4. The molecule has 1 aromatic rings. The number of hydrogen-bond donors (Lipinski definition) is 2. The number of nitriles is 1. The Kier molecular flexibility index (Phi) is 8.59. The van der Waals surface area contributed by atoms with Crippen LogP contribution in [0.4, 0.5) is 0 Å². The Bertz CT molecular complexity index is 723. The zero-order valence-corrected chi connectivity index (χ0v) is 16.7. The maximum absolute atomic E-state index is 12.4. The molecule has 0 bridgehead atoms. The summed E-state index contributed by atoms with van der Waals surface area (Å²) in [6, 6.07) is 7.09. The Hall–Kier alpha value is -2.76. The van der Waals surface area contributed by atoms with Gasteiger partial charge in [0.2, 0.25) is 0 Å². The van der Waals surface area contributed by atoms with Crippen molar-refractivity contribution in [2.75, 3.05) is 53.6 Å². The number of nitrogens with zero attached hydrogens (tertiary/aromatic N) is 2. The number of carbonyl (C=O) groups is 1. The molecule has 0 spiro atoms. The lowest BCUT2D eigenvalue weighted by molar-refractivity contribution is -0.117. The molecule has 0 saturated carbocycles. The van der Waals surface area contributed by atoms with Crippen molar-refractivity contribution in [3.05, 3.63) is 35.5 Å². The molecule has 1 aliphatic heterocycles. The molecule has 28 heavy (non-hydrogen) atoms. The third-order valence-electron chi connectivity index (χ3n) is 4.54. The molecule has 1 unspecified atom stereocenters. The largest absolute Gasteiger partial charge is 0.493 e. The first kappa shape index (κ1) is 21.5. The molecule has 8 nitrogen and oxygen atoms in total. The summed E-state index contributed by atoms with van der Waals surface area (Å²) in [5, 5.41) is 15.2. The van der Waals surface area contributed by atoms with Crippen LogP contribution < -0.4 is 20.1 Å². The van der Waals surface area contributed by atoms with Crippen LogP contribution in [0.15, 0.2) is 30.0 Å². The number of carbonyl (C=O) groups excluding carboxylic acids is 1. The van der Waals surface area contributed by atoms with Gasteiger partial charge in [0.15, 0.2) is 11.5 Å². The first-order chi connectivity index (χ1) is 13.6. The lowest BCUT2D eigenvalue weighted by atomic mass is 10.1. The predicted molar refractivity (Wildman–Crippen MR) is 105 cm³/mol. The number of nitrogens with one attached hydrogen (secondary N) is 2. The van der Waals surface area contributed by atoms with Gasteiger partial charge in [-0.3, -0.25) is 9.69 Å². The molecule has 1 aliphatic rings. The van der Waals surface area contributed by atoms with Crippen molar-refractivity contribution in [2.24, 2.45) is 0 Å². The molecule has 1 aromatic carbocycles. The Morgan fingerprint density at radius 3 is 2.68 bits per heavy atom. The number of ether oxygens (including phenoxy) is 3. The van der Waals surface area contributed by atoms with Crippen molar-refractivity contribution in [3.63, 3.8) is 0 Å². The minimum Gasteiger partial charge on any atom is -0.493 e. The van der Waals surface area contributed by atoms with Crippen molar-refractivity contribution >= 4 is 5.91 Å². The maximum Gasteiger partial charge on any atom is 0.263 e. The molecule has 1 fully saturated rings. The van der Waals surface area contributed by atoms with Gasteiger partial charge in [-0.1, -0.05) is 6.07 Å². The first-order valence-corrected chi connectivity index (χ1v) is 9.25. The van der Waals surface area contributed by atoms with E-state index in [1.165, 1.54) is 6.20 Å². The Morgan fingerprint density at radius 1 is 1.32 bits per heavy atom. The number of methoxy groups -OCH3 is 2. The van der Waals surface area contributed by atoms with Crippen LogP contribution in [0.25, 0.3) is 0 Å². The van der Waals surface area contributed by atoms with E-state index in [2.05, 4.69) is 15.5 Å². The predicted octanol–water partition coefficient (Wildman–Crippen LogP) is 1.21. The standard InChI is InChI=1S/C20H28N4O4/c1-15(16-4-5-18(26-2)19(12-16)27-3)23-20(25)17(13-21)14-22-6-7-24-8-10-28-11-9-24/h4-5,12,14-15,22H,6-11H2,1-3H3,(H,23,25)/b17-14-. The van der Waals surface area contributed by atoms with Crippen LogP contribution in [0.1, 0.15) is 18.5 Å². The van der Waals surface area contributed by atoms with Crippen LogP contribution in [0, 0.1) is 11.3 Å². The molecule has 1 amide bonds. The fraction of sp³-hybridized carbons (Fsp3) is 0.500. The molecule has 0 aliphatic carbocycles. The average Bonchev–Trinajstić information content (AvgIpc) is 2.73. The lowest BCUT2D eigenvalue weighted by Crippen LogP contribution is -2.39. The quantitative estimate of drug-likeness (QED) is 0.373. The van der Waals surface area contributed by atoms with Crippen LogP contribution in [-0.4, -0.2) is 64.4 Å². The summed E-state index contributed by atoms with van der Waals surface area (Å²) >= 11 is 0. The smallest absolute Gasteiger partial charge is 0.263 e. The van der Waals surface area contributed by atoms with Gasteiger partial charge in [-0.2, -0.15) is 5.26 Å². The fourth-order valence-electron chi connectivity index (χ4n) is 2.85. The van der Waals surface area contributed by atoms with E-state index in [0.717, 1.165) is 38.4 Å².